The van der Waals surface area contributed by atoms with Crippen molar-refractivity contribution in [2.45, 2.75) is 17.9 Å². The Kier molecular flexibility index (Phi) is 4.88. The van der Waals surface area contributed by atoms with Crippen molar-refractivity contribution in [2.24, 2.45) is 0 Å². The van der Waals surface area contributed by atoms with Crippen LogP contribution in [0.5, 0.6) is 5.75 Å². The summed E-state index contributed by atoms with van der Waals surface area (Å²) < 4.78 is 5.11. The van der Waals surface area contributed by atoms with Crippen LogP contribution in [0.4, 0.5) is 0 Å². The fraction of sp³-hybridized carbons (Fsp3) is 0.250. The maximum atomic E-state index is 10.3. The minimum absolute atomic E-state index is 0.591. The maximum Gasteiger partial charge on any atom is 0.118 e. The van der Waals surface area contributed by atoms with E-state index in [1.807, 2.05) is 36.4 Å². The van der Waals surface area contributed by atoms with Crippen molar-refractivity contribution in [3.8, 4) is 5.75 Å². The SMILES string of the molecule is CCSc1ccc(C(O)c2ccc(OC)cc2)cc1. The van der Waals surface area contributed by atoms with Crippen LogP contribution in [0.15, 0.2) is 53.4 Å². The molecule has 0 saturated carbocycles. The molecule has 1 N–H and O–H groups in total. The minimum atomic E-state index is -0.591. The molecule has 1 atom stereocenters. The van der Waals surface area contributed by atoms with E-state index < -0.39 is 6.10 Å². The Bertz CT molecular complexity index is 505. The first-order valence-corrected chi connectivity index (χ1v) is 7.28. The summed E-state index contributed by atoms with van der Waals surface area (Å²) in [5.74, 6) is 1.85. The van der Waals surface area contributed by atoms with Crippen LogP contribution in [-0.4, -0.2) is 18.0 Å². The van der Waals surface area contributed by atoms with E-state index in [2.05, 4.69) is 19.1 Å². The van der Waals surface area contributed by atoms with Gasteiger partial charge in [0.15, 0.2) is 0 Å². The Balaban J connectivity index is 2.15. The molecule has 1 unspecified atom stereocenters. The quantitative estimate of drug-likeness (QED) is 0.839. The summed E-state index contributed by atoms with van der Waals surface area (Å²) in [6.07, 6.45) is -0.591. The van der Waals surface area contributed by atoms with Crippen molar-refractivity contribution >= 4 is 11.8 Å². The van der Waals surface area contributed by atoms with Crippen LogP contribution >= 0.6 is 11.8 Å². The number of rotatable bonds is 5. The highest BCUT2D eigenvalue weighted by atomic mass is 32.2. The van der Waals surface area contributed by atoms with Gasteiger partial charge in [0.25, 0.3) is 0 Å². The second-order valence-electron chi connectivity index (χ2n) is 4.18. The maximum absolute atomic E-state index is 10.3. The van der Waals surface area contributed by atoms with Gasteiger partial charge in [-0.25, -0.2) is 0 Å². The Morgan fingerprint density at radius 3 is 2.00 bits per heavy atom. The van der Waals surface area contributed by atoms with Gasteiger partial charge in [0, 0.05) is 4.90 Å². The lowest BCUT2D eigenvalue weighted by atomic mass is 10.0. The Labute approximate surface area is 118 Å². The van der Waals surface area contributed by atoms with E-state index in [0.717, 1.165) is 22.6 Å². The molecule has 0 heterocycles. The topological polar surface area (TPSA) is 29.5 Å². The number of benzene rings is 2. The van der Waals surface area contributed by atoms with Gasteiger partial charge in [-0.3, -0.25) is 0 Å². The first kappa shape index (κ1) is 14.0. The highest BCUT2D eigenvalue weighted by Gasteiger charge is 2.10. The monoisotopic (exact) mass is 274 g/mol. The molecule has 3 heteroatoms. The van der Waals surface area contributed by atoms with Crippen molar-refractivity contribution in [3.63, 3.8) is 0 Å². The van der Waals surface area contributed by atoms with Gasteiger partial charge in [0.2, 0.25) is 0 Å². The smallest absolute Gasteiger partial charge is 0.118 e. The molecule has 0 aliphatic carbocycles. The molecule has 0 aliphatic rings. The van der Waals surface area contributed by atoms with Gasteiger partial charge in [0.1, 0.15) is 11.9 Å². The van der Waals surface area contributed by atoms with Crippen molar-refractivity contribution in [1.82, 2.24) is 0 Å². The molecule has 0 radical (unpaired) electrons. The lowest BCUT2D eigenvalue weighted by Crippen LogP contribution is -1.99. The Hall–Kier alpha value is -1.45. The van der Waals surface area contributed by atoms with Crippen molar-refractivity contribution in [2.75, 3.05) is 12.9 Å². The summed E-state index contributed by atoms with van der Waals surface area (Å²) in [5.41, 5.74) is 1.78. The molecule has 0 saturated heterocycles. The summed E-state index contributed by atoms with van der Waals surface area (Å²) in [6, 6.07) is 15.6. The van der Waals surface area contributed by atoms with E-state index in [4.69, 9.17) is 4.74 Å². The number of ether oxygens (including phenoxy) is 1. The van der Waals surface area contributed by atoms with E-state index in [0.29, 0.717) is 0 Å². The molecule has 0 amide bonds. The molecule has 2 rings (SSSR count). The molecule has 0 aromatic heterocycles. The largest absolute Gasteiger partial charge is 0.497 e. The van der Waals surface area contributed by atoms with Crippen LogP contribution in [0.3, 0.4) is 0 Å². The van der Waals surface area contributed by atoms with Gasteiger partial charge in [-0.1, -0.05) is 31.2 Å². The van der Waals surface area contributed by atoms with Crippen molar-refractivity contribution in [1.29, 1.82) is 0 Å². The number of hydrogen-bond donors (Lipinski definition) is 1. The third-order valence-electron chi connectivity index (χ3n) is 2.94. The van der Waals surface area contributed by atoms with E-state index in [9.17, 15) is 5.11 Å². The zero-order valence-electron chi connectivity index (χ0n) is 11.2. The predicted molar refractivity (Wildman–Crippen MR) is 79.9 cm³/mol. The summed E-state index contributed by atoms with van der Waals surface area (Å²) in [4.78, 5) is 1.23. The van der Waals surface area contributed by atoms with Crippen LogP contribution in [-0.2, 0) is 0 Å². The van der Waals surface area contributed by atoms with Crippen LogP contribution in [0, 0.1) is 0 Å². The minimum Gasteiger partial charge on any atom is -0.497 e. The molecule has 0 bridgehead atoms. The van der Waals surface area contributed by atoms with Gasteiger partial charge in [-0.05, 0) is 41.1 Å². The lowest BCUT2D eigenvalue weighted by Gasteiger charge is -2.12. The normalized spacial score (nSPS) is 12.2. The first-order valence-electron chi connectivity index (χ1n) is 6.29. The van der Waals surface area contributed by atoms with Crippen LogP contribution in [0.1, 0.15) is 24.2 Å². The number of thioether (sulfide) groups is 1. The van der Waals surface area contributed by atoms with Crippen LogP contribution in [0.2, 0.25) is 0 Å². The predicted octanol–water partition coefficient (Wildman–Crippen LogP) is 3.89. The highest BCUT2D eigenvalue weighted by molar-refractivity contribution is 7.99. The molecule has 2 aromatic carbocycles. The van der Waals surface area contributed by atoms with Gasteiger partial charge in [-0.15, -0.1) is 11.8 Å². The summed E-state index contributed by atoms with van der Waals surface area (Å²) >= 11 is 1.80. The molecular formula is C16H18O2S. The molecule has 19 heavy (non-hydrogen) atoms. The van der Waals surface area contributed by atoms with E-state index in [1.54, 1.807) is 18.9 Å². The van der Waals surface area contributed by atoms with Crippen molar-refractivity contribution < 1.29 is 9.84 Å². The molecular weight excluding hydrogens is 256 g/mol. The lowest BCUT2D eigenvalue weighted by molar-refractivity contribution is 0.220. The van der Waals surface area contributed by atoms with Crippen LogP contribution in [0.25, 0.3) is 0 Å². The summed E-state index contributed by atoms with van der Waals surface area (Å²) in [5, 5.41) is 10.3. The number of aliphatic hydroxyl groups is 1. The Morgan fingerprint density at radius 2 is 1.53 bits per heavy atom. The van der Waals surface area contributed by atoms with Crippen molar-refractivity contribution in [3.05, 3.63) is 59.7 Å². The molecule has 0 aliphatic heterocycles. The average Bonchev–Trinajstić information content (AvgIpc) is 2.48. The third-order valence-corrected chi connectivity index (χ3v) is 3.83. The Morgan fingerprint density at radius 1 is 1.00 bits per heavy atom. The molecule has 100 valence electrons. The number of methoxy groups -OCH3 is 1. The first-order chi connectivity index (χ1) is 9.24. The second-order valence-corrected chi connectivity index (χ2v) is 5.52. The third kappa shape index (κ3) is 3.52. The van der Waals surface area contributed by atoms with E-state index in [-0.39, 0.29) is 0 Å². The van der Waals surface area contributed by atoms with Gasteiger partial charge in [0.05, 0.1) is 7.11 Å². The fourth-order valence-corrected chi connectivity index (χ4v) is 2.55. The second kappa shape index (κ2) is 6.64. The van der Waals surface area contributed by atoms with Crippen LogP contribution < -0.4 is 4.74 Å². The standard InChI is InChI=1S/C16H18O2S/c1-3-19-15-10-6-13(7-11-15)16(17)12-4-8-14(18-2)9-5-12/h4-11,16-17H,3H2,1-2H3. The molecule has 2 aromatic rings. The van der Waals surface area contributed by atoms with E-state index >= 15 is 0 Å². The summed E-state index contributed by atoms with van der Waals surface area (Å²) in [7, 11) is 1.63. The highest BCUT2D eigenvalue weighted by Crippen LogP contribution is 2.26. The zero-order chi connectivity index (χ0) is 13.7. The van der Waals surface area contributed by atoms with Gasteiger partial charge < -0.3 is 9.84 Å². The zero-order valence-corrected chi connectivity index (χ0v) is 12.0. The molecule has 0 fully saturated rings. The fourth-order valence-electron chi connectivity index (χ4n) is 1.89. The molecule has 2 nitrogen and oxygen atoms in total. The van der Waals surface area contributed by atoms with E-state index in [1.165, 1.54) is 4.90 Å². The molecule has 0 spiro atoms. The summed E-state index contributed by atoms with van der Waals surface area (Å²) in [6.45, 7) is 2.13. The number of hydrogen-bond acceptors (Lipinski definition) is 3. The average molecular weight is 274 g/mol. The van der Waals surface area contributed by atoms with Gasteiger partial charge in [-0.2, -0.15) is 0 Å². The number of aliphatic hydroxyl groups excluding tert-OH is 1. The van der Waals surface area contributed by atoms with Gasteiger partial charge >= 0.3 is 0 Å².